The molecular weight excluding hydrogens is 345 g/mol. The van der Waals surface area contributed by atoms with Gasteiger partial charge in [-0.3, -0.25) is 4.72 Å². The minimum Gasteiger partial charge on any atom is -0.505 e. The zero-order valence-corrected chi connectivity index (χ0v) is 12.9. The van der Waals surface area contributed by atoms with Gasteiger partial charge in [-0.1, -0.05) is 53.0 Å². The van der Waals surface area contributed by atoms with Gasteiger partial charge in [-0.25, -0.2) is 8.42 Å². The number of sulfonamides is 1. The second-order valence-electron chi connectivity index (χ2n) is 3.80. The summed E-state index contributed by atoms with van der Waals surface area (Å²) < 4.78 is 26.8. The summed E-state index contributed by atoms with van der Waals surface area (Å²) in [7, 11) is -4.12. The van der Waals surface area contributed by atoms with E-state index >= 15 is 0 Å². The van der Waals surface area contributed by atoms with E-state index < -0.39 is 20.7 Å². The first-order valence-electron chi connectivity index (χ1n) is 5.27. The van der Waals surface area contributed by atoms with Crippen molar-refractivity contribution in [1.29, 1.82) is 0 Å². The van der Waals surface area contributed by atoms with E-state index in [4.69, 9.17) is 34.8 Å². The molecule has 0 spiro atoms. The van der Waals surface area contributed by atoms with Crippen molar-refractivity contribution in [2.75, 3.05) is 4.72 Å². The lowest BCUT2D eigenvalue weighted by Gasteiger charge is -2.12. The Balaban J connectivity index is 2.56. The number of para-hydroxylation sites is 1. The summed E-state index contributed by atoms with van der Waals surface area (Å²) in [5.74, 6) is -0.649. The smallest absolute Gasteiger partial charge is 0.267 e. The van der Waals surface area contributed by atoms with Crippen LogP contribution in [0.5, 0.6) is 5.75 Å². The van der Waals surface area contributed by atoms with Gasteiger partial charge >= 0.3 is 0 Å². The van der Waals surface area contributed by atoms with Gasteiger partial charge in [-0.15, -0.1) is 0 Å². The summed E-state index contributed by atoms with van der Waals surface area (Å²) in [5, 5.41) is 9.26. The van der Waals surface area contributed by atoms with Crippen LogP contribution in [0, 0.1) is 0 Å². The van der Waals surface area contributed by atoms with Crippen LogP contribution in [0.3, 0.4) is 0 Å². The van der Waals surface area contributed by atoms with E-state index in [0.29, 0.717) is 5.69 Å². The van der Waals surface area contributed by atoms with Crippen molar-refractivity contribution in [2.24, 2.45) is 0 Å². The van der Waals surface area contributed by atoms with Crippen molar-refractivity contribution in [3.8, 4) is 5.75 Å². The number of phenolic OH excluding ortho intramolecular Hbond substituents is 1. The molecule has 0 atom stereocenters. The number of anilines is 1. The molecule has 8 heteroatoms. The molecule has 2 rings (SSSR count). The van der Waals surface area contributed by atoms with Crippen LogP contribution in [0.2, 0.25) is 15.1 Å². The van der Waals surface area contributed by atoms with Gasteiger partial charge in [0.15, 0.2) is 10.6 Å². The molecular formula is C12H8Cl3NO3S. The molecule has 0 fully saturated rings. The Labute approximate surface area is 131 Å². The zero-order chi connectivity index (χ0) is 14.9. The van der Waals surface area contributed by atoms with E-state index in [9.17, 15) is 13.5 Å². The van der Waals surface area contributed by atoms with Crippen LogP contribution in [-0.4, -0.2) is 13.5 Å². The fraction of sp³-hybridized carbons (Fsp3) is 0. The number of aromatic hydroxyl groups is 1. The van der Waals surface area contributed by atoms with Gasteiger partial charge in [0.25, 0.3) is 10.0 Å². The first-order valence-corrected chi connectivity index (χ1v) is 7.89. The van der Waals surface area contributed by atoms with Crippen molar-refractivity contribution in [1.82, 2.24) is 0 Å². The summed E-state index contributed by atoms with van der Waals surface area (Å²) in [6.45, 7) is 0. The molecule has 0 aliphatic heterocycles. The van der Waals surface area contributed by atoms with E-state index in [1.54, 1.807) is 30.3 Å². The quantitative estimate of drug-likeness (QED) is 0.815. The highest BCUT2D eigenvalue weighted by atomic mass is 35.5. The van der Waals surface area contributed by atoms with Crippen molar-refractivity contribution < 1.29 is 13.5 Å². The molecule has 0 bridgehead atoms. The largest absolute Gasteiger partial charge is 0.505 e. The van der Waals surface area contributed by atoms with Crippen LogP contribution in [0.25, 0.3) is 0 Å². The highest BCUT2D eigenvalue weighted by Gasteiger charge is 2.26. The van der Waals surface area contributed by atoms with E-state index in [0.717, 1.165) is 0 Å². The highest BCUT2D eigenvalue weighted by molar-refractivity contribution is 7.93. The highest BCUT2D eigenvalue weighted by Crippen LogP contribution is 2.41. The molecule has 106 valence electrons. The second-order valence-corrected chi connectivity index (χ2v) is 6.62. The van der Waals surface area contributed by atoms with Crippen LogP contribution < -0.4 is 4.72 Å². The number of rotatable bonds is 3. The maximum absolute atomic E-state index is 12.3. The first kappa shape index (κ1) is 15.3. The molecule has 0 aliphatic carbocycles. The van der Waals surface area contributed by atoms with Gasteiger partial charge in [0.2, 0.25) is 0 Å². The summed E-state index contributed by atoms with van der Waals surface area (Å²) >= 11 is 17.3. The SMILES string of the molecule is O=S(=O)(Nc1ccccc1)c1c(O)c(Cl)cc(Cl)c1Cl. The Kier molecular flexibility index (Phi) is 4.34. The average Bonchev–Trinajstić information content (AvgIpc) is 2.37. The fourth-order valence-electron chi connectivity index (χ4n) is 1.52. The zero-order valence-electron chi connectivity index (χ0n) is 9.77. The molecule has 0 aromatic heterocycles. The van der Waals surface area contributed by atoms with Crippen LogP contribution in [0.15, 0.2) is 41.3 Å². The van der Waals surface area contributed by atoms with E-state index in [1.807, 2.05) is 0 Å². The lowest BCUT2D eigenvalue weighted by molar-refractivity contribution is 0.459. The number of hydrogen-bond donors (Lipinski definition) is 2. The van der Waals surface area contributed by atoms with Crippen molar-refractivity contribution in [3.05, 3.63) is 51.5 Å². The molecule has 0 heterocycles. The molecule has 0 amide bonds. The average molecular weight is 353 g/mol. The molecule has 0 aliphatic rings. The molecule has 2 N–H and O–H groups in total. The van der Waals surface area contributed by atoms with Crippen molar-refractivity contribution >= 4 is 50.5 Å². The Hall–Kier alpha value is -1.14. The van der Waals surface area contributed by atoms with Gasteiger partial charge < -0.3 is 5.11 Å². The van der Waals surface area contributed by atoms with Crippen LogP contribution >= 0.6 is 34.8 Å². The molecule has 0 saturated heterocycles. The van der Waals surface area contributed by atoms with Crippen molar-refractivity contribution in [3.63, 3.8) is 0 Å². The predicted molar refractivity (Wildman–Crippen MR) is 80.4 cm³/mol. The van der Waals surface area contributed by atoms with Gasteiger partial charge in [0.1, 0.15) is 0 Å². The molecule has 4 nitrogen and oxygen atoms in total. The van der Waals surface area contributed by atoms with Gasteiger partial charge in [0, 0.05) is 5.69 Å². The molecule has 0 saturated carbocycles. The third kappa shape index (κ3) is 2.96. The summed E-state index contributed by atoms with van der Waals surface area (Å²) in [5.41, 5.74) is 0.319. The van der Waals surface area contributed by atoms with E-state index in [1.165, 1.54) is 6.07 Å². The van der Waals surface area contributed by atoms with Crippen LogP contribution in [0.4, 0.5) is 5.69 Å². The summed E-state index contributed by atoms with van der Waals surface area (Å²) in [6.07, 6.45) is 0. The fourth-order valence-corrected chi connectivity index (χ4v) is 3.80. The monoisotopic (exact) mass is 351 g/mol. The summed E-state index contributed by atoms with van der Waals surface area (Å²) in [4.78, 5) is -0.555. The minimum atomic E-state index is -4.12. The Morgan fingerprint density at radius 3 is 2.20 bits per heavy atom. The maximum atomic E-state index is 12.3. The lowest BCUT2D eigenvalue weighted by atomic mass is 10.3. The second kappa shape index (κ2) is 5.69. The van der Waals surface area contributed by atoms with Gasteiger partial charge in [0.05, 0.1) is 15.1 Å². The van der Waals surface area contributed by atoms with E-state index in [2.05, 4.69) is 4.72 Å². The van der Waals surface area contributed by atoms with E-state index in [-0.39, 0.29) is 15.1 Å². The molecule has 0 unspecified atom stereocenters. The first-order chi connectivity index (χ1) is 9.33. The van der Waals surface area contributed by atoms with Gasteiger partial charge in [-0.2, -0.15) is 0 Å². The van der Waals surface area contributed by atoms with Crippen LogP contribution in [-0.2, 0) is 10.0 Å². The van der Waals surface area contributed by atoms with Crippen molar-refractivity contribution in [2.45, 2.75) is 4.90 Å². The molecule has 20 heavy (non-hydrogen) atoms. The lowest BCUT2D eigenvalue weighted by Crippen LogP contribution is -2.14. The Morgan fingerprint density at radius 2 is 1.60 bits per heavy atom. The summed E-state index contributed by atoms with van der Waals surface area (Å²) in [6, 6.07) is 9.32. The topological polar surface area (TPSA) is 66.4 Å². The number of benzene rings is 2. The third-order valence-electron chi connectivity index (χ3n) is 2.40. The van der Waals surface area contributed by atoms with Crippen LogP contribution in [0.1, 0.15) is 0 Å². The third-order valence-corrected chi connectivity index (χ3v) is 5.03. The van der Waals surface area contributed by atoms with Gasteiger partial charge in [-0.05, 0) is 18.2 Å². The number of halogens is 3. The normalized spacial score (nSPS) is 11.3. The maximum Gasteiger partial charge on any atom is 0.267 e. The Bertz CT molecular complexity index is 722. The molecule has 0 radical (unpaired) electrons. The predicted octanol–water partition coefficient (Wildman–Crippen LogP) is 4.15. The Morgan fingerprint density at radius 1 is 1.00 bits per heavy atom. The minimum absolute atomic E-state index is 0.0668. The standard InChI is InChI=1S/C12H8Cl3NO3S/c13-8-6-9(14)11(17)12(10(8)15)20(18,19)16-7-4-2-1-3-5-7/h1-6,16-17H. The number of phenols is 1. The molecule has 2 aromatic rings. The number of nitrogens with one attached hydrogen (secondary N) is 1. The number of hydrogen-bond acceptors (Lipinski definition) is 3. The molecule has 2 aromatic carbocycles.